The third-order valence-electron chi connectivity index (χ3n) is 12.3. The fraction of sp³-hybridized carbons (Fsp3) is 0.426. The number of rotatable bonds is 16. The van der Waals surface area contributed by atoms with E-state index < -0.39 is 63.6 Å². The number of piperazine rings is 1. The van der Waals surface area contributed by atoms with Crippen LogP contribution in [0.2, 0.25) is 5.02 Å². The van der Waals surface area contributed by atoms with Crippen molar-refractivity contribution < 1.29 is 43.7 Å². The highest BCUT2D eigenvalue weighted by molar-refractivity contribution is 7.92. The largest absolute Gasteiger partial charge is 0.501 e. The number of ether oxygens (including phenoxy) is 1. The topological polar surface area (TPSA) is 145 Å². The molecule has 1 amide bonds. The van der Waals surface area contributed by atoms with E-state index in [-0.39, 0.29) is 23.2 Å². The average molecular weight is 991 g/mol. The minimum atomic E-state index is -6.14. The SMILES string of the molecule is CC1(C)CCC(c2ccc(Cl)cc2)=C(CN2CCN(c3ccc(C(=O)NS(=O)(=O)c4ccc(NC(CCN5CCOCC5)CS(=O)c5ccccc5)c(S(=O)(=O)C(F)(F)F)c4)cc3)CC2)C1. The molecule has 19 heteroatoms. The van der Waals surface area contributed by atoms with Gasteiger partial charge in [-0.2, -0.15) is 13.2 Å². The summed E-state index contributed by atoms with van der Waals surface area (Å²) >= 11 is 6.18. The third kappa shape index (κ3) is 12.4. The predicted octanol–water partition coefficient (Wildman–Crippen LogP) is 7.85. The van der Waals surface area contributed by atoms with Crippen molar-refractivity contribution in [3.8, 4) is 0 Å². The summed E-state index contributed by atoms with van der Waals surface area (Å²) in [5.74, 6) is -1.14. The van der Waals surface area contributed by atoms with Gasteiger partial charge in [-0.15, -0.1) is 0 Å². The Balaban J connectivity index is 1.03. The van der Waals surface area contributed by atoms with Gasteiger partial charge in [0.1, 0.15) is 4.90 Å². The lowest BCUT2D eigenvalue weighted by Crippen LogP contribution is -2.47. The number of nitrogens with zero attached hydrogens (tertiary/aromatic N) is 3. The van der Waals surface area contributed by atoms with Gasteiger partial charge in [-0.05, 0) is 109 Å². The molecule has 66 heavy (non-hydrogen) atoms. The average Bonchev–Trinajstić information content (AvgIpc) is 3.29. The Morgan fingerprint density at radius 1 is 0.864 bits per heavy atom. The quantitative estimate of drug-likeness (QED) is 0.113. The van der Waals surface area contributed by atoms with Crippen LogP contribution in [0.4, 0.5) is 24.5 Å². The van der Waals surface area contributed by atoms with Gasteiger partial charge in [0.05, 0.1) is 34.6 Å². The van der Waals surface area contributed by atoms with Gasteiger partial charge in [0, 0.05) is 85.3 Å². The second-order valence-electron chi connectivity index (χ2n) is 17.7. The van der Waals surface area contributed by atoms with E-state index in [1.54, 1.807) is 42.5 Å². The lowest BCUT2D eigenvalue weighted by Gasteiger charge is -2.39. The number of carbonyl (C=O) groups is 1. The normalized spacial score (nSPS) is 18.7. The molecule has 3 aliphatic rings. The Bertz CT molecular complexity index is 2620. The van der Waals surface area contributed by atoms with Crippen LogP contribution in [0.1, 0.15) is 55.5 Å². The second kappa shape index (κ2) is 20.9. The van der Waals surface area contributed by atoms with Gasteiger partial charge in [-0.1, -0.05) is 61.4 Å². The zero-order valence-corrected chi connectivity index (χ0v) is 40.1. The number of benzene rings is 4. The molecule has 0 bridgehead atoms. The van der Waals surface area contributed by atoms with Gasteiger partial charge in [0.15, 0.2) is 0 Å². The molecule has 2 aliphatic heterocycles. The number of carbonyl (C=O) groups excluding carboxylic acids is 1. The molecule has 0 saturated carbocycles. The molecular weight excluding hydrogens is 935 g/mol. The number of sulfonamides is 1. The summed E-state index contributed by atoms with van der Waals surface area (Å²) in [4.78, 5) is 18.3. The molecule has 0 spiro atoms. The summed E-state index contributed by atoms with van der Waals surface area (Å²) in [6.07, 6.45) is 3.39. The first-order chi connectivity index (χ1) is 31.3. The fourth-order valence-corrected chi connectivity index (χ4v) is 12.0. The maximum absolute atomic E-state index is 14.2. The molecular formula is C47H55ClF3N5O7S3. The minimum Gasteiger partial charge on any atom is -0.380 e. The first-order valence-electron chi connectivity index (χ1n) is 21.8. The number of alkyl halides is 3. The highest BCUT2D eigenvalue weighted by atomic mass is 35.5. The number of sulfone groups is 1. The molecule has 2 atom stereocenters. The standard InChI is InChI=1S/C47H55ClF3N5O7S3/c1-46(2)20-18-42(34-8-12-37(48)13-9-34)36(31-46)32-55-22-24-56(25-23-55)39-14-10-35(11-15-39)45(57)53-66(61,62)41-16-17-43(44(30-41)65(59,60)47(49,50)51)52-38(19-21-54-26-28-63-29-27-54)33-64(58)40-6-4-3-5-7-40/h3-17,30,38,52H,18-29,31-33H2,1-2H3,(H,53,57). The van der Waals surface area contributed by atoms with Crippen LogP contribution in [0.25, 0.3) is 5.57 Å². The van der Waals surface area contributed by atoms with Crippen molar-refractivity contribution in [1.82, 2.24) is 14.5 Å². The van der Waals surface area contributed by atoms with E-state index in [0.29, 0.717) is 48.8 Å². The van der Waals surface area contributed by atoms with E-state index in [9.17, 15) is 39.0 Å². The zero-order chi connectivity index (χ0) is 47.3. The van der Waals surface area contributed by atoms with Crippen LogP contribution in [0, 0.1) is 5.41 Å². The molecule has 4 aromatic carbocycles. The molecule has 12 nitrogen and oxygen atoms in total. The van der Waals surface area contributed by atoms with Crippen molar-refractivity contribution in [3.63, 3.8) is 0 Å². The number of anilines is 2. The summed E-state index contributed by atoms with van der Waals surface area (Å²) in [7, 11) is -12.7. The van der Waals surface area contributed by atoms with Crippen molar-refractivity contribution in [2.45, 2.75) is 65.8 Å². The van der Waals surface area contributed by atoms with E-state index in [1.165, 1.54) is 28.8 Å². The Labute approximate surface area is 393 Å². The molecule has 2 fully saturated rings. The Hall–Kier alpha value is -4.30. The van der Waals surface area contributed by atoms with Crippen molar-refractivity contribution in [3.05, 3.63) is 119 Å². The van der Waals surface area contributed by atoms with Gasteiger partial charge in [0.25, 0.3) is 25.8 Å². The molecule has 2 saturated heterocycles. The highest BCUT2D eigenvalue weighted by Gasteiger charge is 2.48. The van der Waals surface area contributed by atoms with Crippen molar-refractivity contribution in [2.24, 2.45) is 5.41 Å². The van der Waals surface area contributed by atoms with Crippen molar-refractivity contribution in [1.29, 1.82) is 0 Å². The molecule has 2 N–H and O–H groups in total. The number of halogens is 4. The summed E-state index contributed by atoms with van der Waals surface area (Å²) in [6.45, 7) is 11.2. The fourth-order valence-electron chi connectivity index (χ4n) is 8.63. The number of hydrogen-bond acceptors (Lipinski definition) is 11. The van der Waals surface area contributed by atoms with Crippen LogP contribution in [0.3, 0.4) is 0 Å². The van der Waals surface area contributed by atoms with Crippen LogP contribution in [-0.4, -0.2) is 120 Å². The van der Waals surface area contributed by atoms with E-state index in [2.05, 4.69) is 46.0 Å². The Morgan fingerprint density at radius 2 is 1.53 bits per heavy atom. The Morgan fingerprint density at radius 3 is 2.18 bits per heavy atom. The lowest BCUT2D eigenvalue weighted by atomic mass is 9.73. The Kier molecular flexibility index (Phi) is 15.7. The van der Waals surface area contributed by atoms with E-state index in [4.69, 9.17) is 16.3 Å². The van der Waals surface area contributed by atoms with Crippen molar-refractivity contribution >= 4 is 65.1 Å². The van der Waals surface area contributed by atoms with E-state index in [1.807, 2.05) is 16.9 Å². The summed E-state index contributed by atoms with van der Waals surface area (Å²) in [5.41, 5.74) is -1.28. The van der Waals surface area contributed by atoms with Crippen LogP contribution in [-0.2, 0) is 35.4 Å². The molecule has 4 aromatic rings. The molecule has 2 unspecified atom stereocenters. The summed E-state index contributed by atoms with van der Waals surface area (Å²) < 4.78 is 117. The molecule has 0 aromatic heterocycles. The third-order valence-corrected chi connectivity index (χ3v) is 17.0. The number of morpholine rings is 1. The van der Waals surface area contributed by atoms with Crippen molar-refractivity contribution in [2.75, 3.05) is 81.5 Å². The lowest BCUT2D eigenvalue weighted by molar-refractivity contribution is -0.0435. The van der Waals surface area contributed by atoms with Crippen LogP contribution in [0.5, 0.6) is 0 Å². The predicted molar refractivity (Wildman–Crippen MR) is 252 cm³/mol. The van der Waals surface area contributed by atoms with Crippen LogP contribution in [0.15, 0.2) is 117 Å². The van der Waals surface area contributed by atoms with Crippen LogP contribution < -0.4 is 14.9 Å². The van der Waals surface area contributed by atoms with Gasteiger partial charge in [0.2, 0.25) is 0 Å². The second-order valence-corrected chi connectivity index (χ2v) is 23.2. The molecule has 1 aliphatic carbocycles. The number of hydrogen-bond donors (Lipinski definition) is 2. The highest BCUT2D eigenvalue weighted by Crippen LogP contribution is 2.43. The van der Waals surface area contributed by atoms with Gasteiger partial charge in [-0.25, -0.2) is 21.6 Å². The number of allylic oxidation sites excluding steroid dienone is 1. The molecule has 356 valence electrons. The van der Waals surface area contributed by atoms with Crippen LogP contribution >= 0.6 is 11.6 Å². The maximum atomic E-state index is 14.2. The van der Waals surface area contributed by atoms with Gasteiger partial charge < -0.3 is 15.0 Å². The number of nitrogens with one attached hydrogen (secondary N) is 2. The number of amides is 1. The minimum absolute atomic E-state index is 0.0292. The van der Waals surface area contributed by atoms with Gasteiger partial charge in [-0.3, -0.25) is 18.8 Å². The summed E-state index contributed by atoms with van der Waals surface area (Å²) in [6, 6.07) is 24.3. The first kappa shape index (κ1) is 49.6. The van der Waals surface area contributed by atoms with E-state index in [0.717, 1.165) is 69.8 Å². The molecule has 0 radical (unpaired) electrons. The molecule has 7 rings (SSSR count). The summed E-state index contributed by atoms with van der Waals surface area (Å²) in [5, 5.41) is 3.56. The van der Waals surface area contributed by atoms with Gasteiger partial charge >= 0.3 is 5.51 Å². The molecule has 2 heterocycles. The van der Waals surface area contributed by atoms with E-state index >= 15 is 0 Å². The monoisotopic (exact) mass is 989 g/mol. The zero-order valence-electron chi connectivity index (χ0n) is 36.9. The smallest absolute Gasteiger partial charge is 0.380 e. The maximum Gasteiger partial charge on any atom is 0.501 e. The first-order valence-corrected chi connectivity index (χ1v) is 26.5.